The predicted molar refractivity (Wildman–Crippen MR) is 106 cm³/mol. The highest BCUT2D eigenvalue weighted by Gasteiger charge is 2.41. The van der Waals surface area contributed by atoms with Crippen molar-refractivity contribution in [3.8, 4) is 0 Å². The minimum absolute atomic E-state index is 0. The van der Waals surface area contributed by atoms with E-state index >= 15 is 0 Å². The quantitative estimate of drug-likeness (QED) is 0.737. The van der Waals surface area contributed by atoms with E-state index in [1.54, 1.807) is 32.4 Å². The van der Waals surface area contributed by atoms with E-state index in [0.29, 0.717) is 35.2 Å². The number of nitrogens with zero attached hydrogens (tertiary/aromatic N) is 1. The number of benzene rings is 1. The Morgan fingerprint density at radius 3 is 2.50 bits per heavy atom. The van der Waals surface area contributed by atoms with E-state index in [0.717, 1.165) is 13.1 Å². The van der Waals surface area contributed by atoms with Crippen molar-refractivity contribution in [2.24, 2.45) is 5.41 Å². The third-order valence-corrected chi connectivity index (χ3v) is 5.10. The van der Waals surface area contributed by atoms with Gasteiger partial charge in [0, 0.05) is 19.8 Å². The molecule has 26 heavy (non-hydrogen) atoms. The highest BCUT2D eigenvalue weighted by molar-refractivity contribution is 6.42. The summed E-state index contributed by atoms with van der Waals surface area (Å²) >= 11 is 11.8. The Morgan fingerprint density at radius 1 is 1.27 bits per heavy atom. The van der Waals surface area contributed by atoms with Gasteiger partial charge in [-0.1, -0.05) is 23.2 Å². The van der Waals surface area contributed by atoms with E-state index < -0.39 is 5.41 Å². The summed E-state index contributed by atoms with van der Waals surface area (Å²) in [4.78, 5) is 26.6. The standard InChI is InChI=1S/C17H23Cl2N3O3.ClH/c1-22(16(24)17(11-25-2)5-7-20-8-6-17)10-15(23)21-12-3-4-13(18)14(19)9-12;/h3-4,9,20H,5-8,10-11H2,1-2H3,(H,21,23);1H. The number of likely N-dealkylation sites (N-methyl/N-ethyl adjacent to an activating group) is 1. The summed E-state index contributed by atoms with van der Waals surface area (Å²) in [6, 6.07) is 4.84. The van der Waals surface area contributed by atoms with Crippen LogP contribution in [0.2, 0.25) is 10.0 Å². The average molecular weight is 425 g/mol. The molecule has 1 aliphatic rings. The lowest BCUT2D eigenvalue weighted by Crippen LogP contribution is -2.51. The van der Waals surface area contributed by atoms with Gasteiger partial charge in [-0.15, -0.1) is 12.4 Å². The van der Waals surface area contributed by atoms with E-state index in [-0.39, 0.29) is 30.8 Å². The molecule has 1 saturated heterocycles. The van der Waals surface area contributed by atoms with Crippen molar-refractivity contribution in [3.63, 3.8) is 0 Å². The fraction of sp³-hybridized carbons (Fsp3) is 0.529. The van der Waals surface area contributed by atoms with Crippen LogP contribution in [0.15, 0.2) is 18.2 Å². The van der Waals surface area contributed by atoms with E-state index in [4.69, 9.17) is 27.9 Å². The first-order chi connectivity index (χ1) is 11.9. The van der Waals surface area contributed by atoms with Gasteiger partial charge in [0.05, 0.1) is 28.6 Å². The van der Waals surface area contributed by atoms with Crippen molar-refractivity contribution >= 4 is 53.1 Å². The molecule has 0 spiro atoms. The minimum atomic E-state index is -0.571. The fourth-order valence-corrected chi connectivity index (χ4v) is 3.37. The van der Waals surface area contributed by atoms with Crippen molar-refractivity contribution in [3.05, 3.63) is 28.2 Å². The summed E-state index contributed by atoms with van der Waals surface area (Å²) in [5, 5.41) is 6.74. The summed E-state index contributed by atoms with van der Waals surface area (Å²) in [6.07, 6.45) is 1.39. The van der Waals surface area contributed by atoms with Crippen LogP contribution in [0.25, 0.3) is 0 Å². The summed E-state index contributed by atoms with van der Waals surface area (Å²) in [6.45, 7) is 1.83. The second kappa shape index (κ2) is 10.3. The average Bonchev–Trinajstić information content (AvgIpc) is 2.58. The van der Waals surface area contributed by atoms with Crippen molar-refractivity contribution < 1.29 is 14.3 Å². The SMILES string of the molecule is COCC1(C(=O)N(C)CC(=O)Nc2ccc(Cl)c(Cl)c2)CCNCC1.Cl. The molecule has 1 aromatic rings. The molecule has 6 nitrogen and oxygen atoms in total. The van der Waals surface area contributed by atoms with Crippen LogP contribution in [0.1, 0.15) is 12.8 Å². The molecule has 0 aliphatic carbocycles. The van der Waals surface area contributed by atoms with Crippen LogP contribution in [0.5, 0.6) is 0 Å². The molecule has 0 bridgehead atoms. The Bertz CT molecular complexity index is 631. The Morgan fingerprint density at radius 2 is 1.92 bits per heavy atom. The van der Waals surface area contributed by atoms with E-state index in [1.807, 2.05) is 0 Å². The number of piperidine rings is 1. The number of amides is 2. The maximum Gasteiger partial charge on any atom is 0.243 e. The van der Waals surface area contributed by atoms with Gasteiger partial charge < -0.3 is 20.3 Å². The Hall–Kier alpha value is -1.05. The first kappa shape index (κ1) is 23.0. The molecule has 1 heterocycles. The number of anilines is 1. The molecule has 0 unspecified atom stereocenters. The maximum atomic E-state index is 12.9. The number of hydrogen-bond donors (Lipinski definition) is 2. The summed E-state index contributed by atoms with van der Waals surface area (Å²) in [5.41, 5.74) is -0.0350. The van der Waals surface area contributed by atoms with Crippen molar-refractivity contribution in [2.75, 3.05) is 45.7 Å². The number of rotatable bonds is 6. The van der Waals surface area contributed by atoms with Gasteiger partial charge in [-0.3, -0.25) is 9.59 Å². The maximum absolute atomic E-state index is 12.9. The zero-order chi connectivity index (χ0) is 18.4. The largest absolute Gasteiger partial charge is 0.384 e. The molecule has 0 radical (unpaired) electrons. The zero-order valence-electron chi connectivity index (χ0n) is 14.8. The van der Waals surface area contributed by atoms with E-state index in [9.17, 15) is 9.59 Å². The Balaban J connectivity index is 0.00000338. The van der Waals surface area contributed by atoms with Gasteiger partial charge in [-0.25, -0.2) is 0 Å². The highest BCUT2D eigenvalue weighted by Crippen LogP contribution is 2.31. The summed E-state index contributed by atoms with van der Waals surface area (Å²) in [5.74, 6) is -0.365. The third-order valence-electron chi connectivity index (χ3n) is 4.37. The smallest absolute Gasteiger partial charge is 0.243 e. The number of hydrogen-bond acceptors (Lipinski definition) is 4. The summed E-state index contributed by atoms with van der Waals surface area (Å²) in [7, 11) is 3.23. The van der Waals surface area contributed by atoms with Crippen molar-refractivity contribution in [1.29, 1.82) is 0 Å². The van der Waals surface area contributed by atoms with Gasteiger partial charge >= 0.3 is 0 Å². The molecule has 146 valence electrons. The molecule has 1 fully saturated rings. The molecular weight excluding hydrogens is 401 g/mol. The van der Waals surface area contributed by atoms with E-state index in [2.05, 4.69) is 10.6 Å². The first-order valence-corrected chi connectivity index (χ1v) is 8.84. The zero-order valence-corrected chi connectivity index (χ0v) is 17.1. The van der Waals surface area contributed by atoms with Crippen LogP contribution in [0, 0.1) is 5.41 Å². The van der Waals surface area contributed by atoms with Gasteiger partial charge in [0.15, 0.2) is 0 Å². The lowest BCUT2D eigenvalue weighted by Gasteiger charge is -2.38. The summed E-state index contributed by atoms with van der Waals surface area (Å²) < 4.78 is 5.28. The minimum Gasteiger partial charge on any atom is -0.384 e. The highest BCUT2D eigenvalue weighted by atomic mass is 35.5. The molecule has 1 aromatic carbocycles. The monoisotopic (exact) mass is 423 g/mol. The van der Waals surface area contributed by atoms with Crippen LogP contribution in [-0.4, -0.2) is 57.1 Å². The predicted octanol–water partition coefficient (Wildman–Crippen LogP) is 2.83. The van der Waals surface area contributed by atoms with E-state index in [1.165, 1.54) is 4.90 Å². The molecular formula is C17H24Cl3N3O3. The molecule has 0 atom stereocenters. The normalized spacial score (nSPS) is 15.7. The number of carbonyl (C=O) groups is 2. The third kappa shape index (κ3) is 5.72. The molecule has 2 rings (SSSR count). The van der Waals surface area contributed by atoms with Gasteiger partial charge in [0.25, 0.3) is 0 Å². The van der Waals surface area contributed by atoms with Crippen LogP contribution in [0.4, 0.5) is 5.69 Å². The lowest BCUT2D eigenvalue weighted by atomic mass is 9.78. The van der Waals surface area contributed by atoms with Gasteiger partial charge in [0.2, 0.25) is 11.8 Å². The van der Waals surface area contributed by atoms with Crippen molar-refractivity contribution in [2.45, 2.75) is 12.8 Å². The second-order valence-corrected chi connectivity index (χ2v) is 7.12. The second-order valence-electron chi connectivity index (χ2n) is 6.30. The number of methoxy groups -OCH3 is 1. The Labute approximate surface area is 169 Å². The number of nitrogens with one attached hydrogen (secondary N) is 2. The fourth-order valence-electron chi connectivity index (χ4n) is 3.07. The van der Waals surface area contributed by atoms with Crippen LogP contribution in [-0.2, 0) is 14.3 Å². The van der Waals surface area contributed by atoms with Crippen molar-refractivity contribution in [1.82, 2.24) is 10.2 Å². The molecule has 0 aromatic heterocycles. The van der Waals surface area contributed by atoms with Gasteiger partial charge in [-0.05, 0) is 44.1 Å². The van der Waals surface area contributed by atoms with Crippen LogP contribution in [0.3, 0.4) is 0 Å². The number of halogens is 3. The molecule has 0 saturated carbocycles. The molecule has 1 aliphatic heterocycles. The molecule has 2 N–H and O–H groups in total. The van der Waals surface area contributed by atoms with Crippen LogP contribution >= 0.6 is 35.6 Å². The van der Waals surface area contributed by atoms with Gasteiger partial charge in [0.1, 0.15) is 0 Å². The molecule has 2 amide bonds. The Kier molecular flexibility index (Phi) is 9.13. The number of ether oxygens (including phenoxy) is 1. The molecule has 9 heteroatoms. The lowest BCUT2D eigenvalue weighted by molar-refractivity contribution is -0.147. The number of carbonyl (C=O) groups excluding carboxylic acids is 2. The van der Waals surface area contributed by atoms with Crippen LogP contribution < -0.4 is 10.6 Å². The topological polar surface area (TPSA) is 70.7 Å². The first-order valence-electron chi connectivity index (χ1n) is 8.08. The van der Waals surface area contributed by atoms with Gasteiger partial charge in [-0.2, -0.15) is 0 Å².